The highest BCUT2D eigenvalue weighted by molar-refractivity contribution is 4.83. The second kappa shape index (κ2) is 5.31. The summed E-state index contributed by atoms with van der Waals surface area (Å²) in [7, 11) is 0. The SMILES string of the molecule is CC1CCCCC1CN1CCCC1CN. The highest BCUT2D eigenvalue weighted by atomic mass is 15.2. The molecule has 1 aliphatic heterocycles. The predicted octanol–water partition coefficient (Wildman–Crippen LogP) is 2.24. The van der Waals surface area contributed by atoms with Crippen molar-refractivity contribution in [1.29, 1.82) is 0 Å². The number of rotatable bonds is 3. The van der Waals surface area contributed by atoms with Gasteiger partial charge in [0.15, 0.2) is 0 Å². The van der Waals surface area contributed by atoms with Crippen molar-refractivity contribution in [3.63, 3.8) is 0 Å². The fraction of sp³-hybridized carbons (Fsp3) is 1.00. The van der Waals surface area contributed by atoms with Gasteiger partial charge in [0, 0.05) is 19.1 Å². The zero-order chi connectivity index (χ0) is 10.7. The molecule has 0 aromatic heterocycles. The summed E-state index contributed by atoms with van der Waals surface area (Å²) in [5.74, 6) is 1.89. The zero-order valence-corrected chi connectivity index (χ0v) is 10.1. The van der Waals surface area contributed by atoms with Crippen molar-refractivity contribution in [3.8, 4) is 0 Å². The van der Waals surface area contributed by atoms with Gasteiger partial charge >= 0.3 is 0 Å². The fourth-order valence-electron chi connectivity index (χ4n) is 3.37. The van der Waals surface area contributed by atoms with E-state index in [0.29, 0.717) is 6.04 Å². The van der Waals surface area contributed by atoms with E-state index in [2.05, 4.69) is 11.8 Å². The van der Waals surface area contributed by atoms with E-state index in [1.807, 2.05) is 0 Å². The van der Waals surface area contributed by atoms with Crippen LogP contribution in [-0.2, 0) is 0 Å². The van der Waals surface area contributed by atoms with Crippen LogP contribution in [0.25, 0.3) is 0 Å². The molecule has 1 aliphatic carbocycles. The van der Waals surface area contributed by atoms with Gasteiger partial charge in [0.25, 0.3) is 0 Å². The Morgan fingerprint density at radius 1 is 1.13 bits per heavy atom. The Balaban J connectivity index is 1.84. The Morgan fingerprint density at radius 2 is 1.93 bits per heavy atom. The second-order valence-electron chi connectivity index (χ2n) is 5.55. The average molecular weight is 210 g/mol. The summed E-state index contributed by atoms with van der Waals surface area (Å²) in [6.07, 6.45) is 8.51. The van der Waals surface area contributed by atoms with Gasteiger partial charge in [-0.15, -0.1) is 0 Å². The average Bonchev–Trinajstić information content (AvgIpc) is 2.69. The van der Waals surface area contributed by atoms with Crippen LogP contribution in [0.2, 0.25) is 0 Å². The van der Waals surface area contributed by atoms with Crippen LogP contribution in [0.1, 0.15) is 45.4 Å². The molecule has 2 N–H and O–H groups in total. The molecule has 0 aromatic carbocycles. The third-order valence-electron chi connectivity index (χ3n) is 4.53. The van der Waals surface area contributed by atoms with E-state index in [1.54, 1.807) is 0 Å². The number of hydrogen-bond acceptors (Lipinski definition) is 2. The van der Waals surface area contributed by atoms with Crippen molar-refractivity contribution in [1.82, 2.24) is 4.90 Å². The zero-order valence-electron chi connectivity index (χ0n) is 10.1. The molecule has 2 nitrogen and oxygen atoms in total. The van der Waals surface area contributed by atoms with Crippen molar-refractivity contribution in [2.75, 3.05) is 19.6 Å². The van der Waals surface area contributed by atoms with Crippen molar-refractivity contribution in [2.24, 2.45) is 17.6 Å². The Bertz CT molecular complexity index is 193. The topological polar surface area (TPSA) is 29.3 Å². The third-order valence-corrected chi connectivity index (χ3v) is 4.53. The van der Waals surface area contributed by atoms with Gasteiger partial charge in [-0.05, 0) is 37.6 Å². The van der Waals surface area contributed by atoms with Crippen LogP contribution in [0.5, 0.6) is 0 Å². The van der Waals surface area contributed by atoms with Gasteiger partial charge in [-0.2, -0.15) is 0 Å². The summed E-state index contributed by atoms with van der Waals surface area (Å²) < 4.78 is 0. The summed E-state index contributed by atoms with van der Waals surface area (Å²) in [5, 5.41) is 0. The van der Waals surface area contributed by atoms with Gasteiger partial charge in [0.1, 0.15) is 0 Å². The Hall–Kier alpha value is -0.0800. The highest BCUT2D eigenvalue weighted by Crippen LogP contribution is 2.31. The van der Waals surface area contributed by atoms with Crippen LogP contribution in [-0.4, -0.2) is 30.6 Å². The molecule has 2 aliphatic rings. The lowest BCUT2D eigenvalue weighted by Gasteiger charge is -2.34. The minimum atomic E-state index is 0.694. The largest absolute Gasteiger partial charge is 0.329 e. The van der Waals surface area contributed by atoms with E-state index >= 15 is 0 Å². The van der Waals surface area contributed by atoms with Gasteiger partial charge in [-0.1, -0.05) is 26.2 Å². The van der Waals surface area contributed by atoms with Crippen LogP contribution in [0.3, 0.4) is 0 Å². The second-order valence-corrected chi connectivity index (χ2v) is 5.55. The lowest BCUT2D eigenvalue weighted by Crippen LogP contribution is -2.40. The van der Waals surface area contributed by atoms with E-state index in [-0.39, 0.29) is 0 Å². The lowest BCUT2D eigenvalue weighted by atomic mass is 9.80. The summed E-state index contributed by atoms with van der Waals surface area (Å²) in [4.78, 5) is 2.66. The molecule has 0 bridgehead atoms. The first-order valence-corrected chi connectivity index (χ1v) is 6.75. The smallest absolute Gasteiger partial charge is 0.0219 e. The van der Waals surface area contributed by atoms with Gasteiger partial charge in [-0.25, -0.2) is 0 Å². The molecule has 1 heterocycles. The third kappa shape index (κ3) is 2.73. The van der Waals surface area contributed by atoms with Gasteiger partial charge in [0.2, 0.25) is 0 Å². The van der Waals surface area contributed by atoms with E-state index < -0.39 is 0 Å². The van der Waals surface area contributed by atoms with E-state index in [9.17, 15) is 0 Å². The molecule has 3 atom stereocenters. The molecule has 2 fully saturated rings. The molecule has 1 saturated carbocycles. The van der Waals surface area contributed by atoms with E-state index in [1.165, 1.54) is 51.6 Å². The first kappa shape index (κ1) is 11.4. The molecule has 3 unspecified atom stereocenters. The Morgan fingerprint density at radius 3 is 2.67 bits per heavy atom. The first-order valence-electron chi connectivity index (χ1n) is 6.75. The Kier molecular flexibility index (Phi) is 4.04. The number of nitrogens with two attached hydrogens (primary N) is 1. The number of hydrogen-bond donors (Lipinski definition) is 1. The molecule has 1 saturated heterocycles. The Labute approximate surface area is 94.2 Å². The molecular formula is C13H26N2. The molecule has 15 heavy (non-hydrogen) atoms. The number of nitrogens with zero attached hydrogens (tertiary/aromatic N) is 1. The maximum absolute atomic E-state index is 5.82. The fourth-order valence-corrected chi connectivity index (χ4v) is 3.37. The van der Waals surface area contributed by atoms with Crippen LogP contribution in [0.4, 0.5) is 0 Å². The lowest BCUT2D eigenvalue weighted by molar-refractivity contribution is 0.152. The van der Waals surface area contributed by atoms with Crippen molar-refractivity contribution in [2.45, 2.75) is 51.5 Å². The quantitative estimate of drug-likeness (QED) is 0.774. The summed E-state index contributed by atoms with van der Waals surface area (Å²) in [5.41, 5.74) is 5.82. The van der Waals surface area contributed by atoms with E-state index in [4.69, 9.17) is 5.73 Å². The van der Waals surface area contributed by atoms with Crippen molar-refractivity contribution in [3.05, 3.63) is 0 Å². The number of likely N-dealkylation sites (tertiary alicyclic amines) is 1. The van der Waals surface area contributed by atoms with E-state index in [0.717, 1.165) is 18.4 Å². The van der Waals surface area contributed by atoms with Crippen LogP contribution < -0.4 is 5.73 Å². The molecule has 0 spiro atoms. The van der Waals surface area contributed by atoms with Gasteiger partial charge in [-0.3, -0.25) is 4.90 Å². The van der Waals surface area contributed by atoms with Crippen LogP contribution in [0.15, 0.2) is 0 Å². The minimum Gasteiger partial charge on any atom is -0.329 e. The molecule has 0 radical (unpaired) electrons. The molecule has 2 rings (SSSR count). The minimum absolute atomic E-state index is 0.694. The van der Waals surface area contributed by atoms with Crippen molar-refractivity contribution >= 4 is 0 Å². The maximum Gasteiger partial charge on any atom is 0.0219 e. The maximum atomic E-state index is 5.82. The molecular weight excluding hydrogens is 184 g/mol. The molecule has 88 valence electrons. The van der Waals surface area contributed by atoms with Crippen LogP contribution in [0, 0.1) is 11.8 Å². The molecule has 0 aromatic rings. The van der Waals surface area contributed by atoms with Crippen LogP contribution >= 0.6 is 0 Å². The standard InChI is InChI=1S/C13H26N2/c1-11-5-2-3-6-12(11)10-15-8-4-7-13(15)9-14/h11-13H,2-10,14H2,1H3. The monoisotopic (exact) mass is 210 g/mol. The highest BCUT2D eigenvalue weighted by Gasteiger charge is 2.28. The summed E-state index contributed by atoms with van der Waals surface area (Å²) >= 11 is 0. The predicted molar refractivity (Wildman–Crippen MR) is 64.8 cm³/mol. The molecule has 2 heteroatoms. The summed E-state index contributed by atoms with van der Waals surface area (Å²) in [6.45, 7) is 5.92. The van der Waals surface area contributed by atoms with Crippen molar-refractivity contribution < 1.29 is 0 Å². The molecule has 0 amide bonds. The summed E-state index contributed by atoms with van der Waals surface area (Å²) in [6, 6.07) is 0.694. The normalized spacial score (nSPS) is 38.4. The van der Waals surface area contributed by atoms with Gasteiger partial charge < -0.3 is 5.73 Å². The van der Waals surface area contributed by atoms with Gasteiger partial charge in [0.05, 0.1) is 0 Å². The first-order chi connectivity index (χ1) is 7.31.